The summed E-state index contributed by atoms with van der Waals surface area (Å²) < 4.78 is 0. The molecule has 1 rings (SSSR count). The summed E-state index contributed by atoms with van der Waals surface area (Å²) in [5, 5.41) is 0.823. The summed E-state index contributed by atoms with van der Waals surface area (Å²) in [6.07, 6.45) is 2.29. The Hall–Kier alpha value is -0.180. The summed E-state index contributed by atoms with van der Waals surface area (Å²) in [6.45, 7) is 4.46. The minimum atomic E-state index is 0.267. The Labute approximate surface area is 108 Å². The van der Waals surface area contributed by atoms with E-state index in [1.54, 1.807) is 11.8 Å². The van der Waals surface area contributed by atoms with Gasteiger partial charge in [0.1, 0.15) is 0 Å². The first-order chi connectivity index (χ1) is 7.59. The van der Waals surface area contributed by atoms with Crippen molar-refractivity contribution in [3.8, 4) is 0 Å². The summed E-state index contributed by atoms with van der Waals surface area (Å²) in [6, 6.07) is 8.19. The molecule has 0 aliphatic carbocycles. The van der Waals surface area contributed by atoms with Gasteiger partial charge in [0.05, 0.1) is 5.02 Å². The minimum absolute atomic E-state index is 0.267. The van der Waals surface area contributed by atoms with Crippen LogP contribution in [0.4, 0.5) is 0 Å². The highest BCUT2D eigenvalue weighted by Gasteiger charge is 2.06. The molecule has 0 bridgehead atoms. The summed E-state index contributed by atoms with van der Waals surface area (Å²) in [5.74, 6) is 1.67. The van der Waals surface area contributed by atoms with Crippen molar-refractivity contribution in [2.24, 2.45) is 11.7 Å². The van der Waals surface area contributed by atoms with Crippen LogP contribution in [0.3, 0.4) is 0 Å². The Bertz CT molecular complexity index is 315. The van der Waals surface area contributed by atoms with Crippen LogP contribution in [-0.2, 0) is 0 Å². The zero-order valence-corrected chi connectivity index (χ0v) is 11.5. The lowest BCUT2D eigenvalue weighted by molar-refractivity contribution is 0.517. The third kappa shape index (κ3) is 5.24. The van der Waals surface area contributed by atoms with Gasteiger partial charge in [-0.25, -0.2) is 0 Å². The fraction of sp³-hybridized carbons (Fsp3) is 0.538. The summed E-state index contributed by atoms with van der Waals surface area (Å²) in [4.78, 5) is 1.13. The third-order valence-electron chi connectivity index (χ3n) is 2.40. The number of hydrogen-bond acceptors (Lipinski definition) is 2. The maximum atomic E-state index is 6.07. The molecule has 1 aromatic carbocycles. The van der Waals surface area contributed by atoms with Crippen molar-refractivity contribution >= 4 is 23.4 Å². The van der Waals surface area contributed by atoms with Crippen LogP contribution in [0.1, 0.15) is 26.7 Å². The summed E-state index contributed by atoms with van der Waals surface area (Å²) in [7, 11) is 0. The molecule has 1 unspecified atom stereocenters. The number of thioether (sulfide) groups is 1. The molecule has 0 amide bonds. The molecular formula is C13H20ClNS. The predicted octanol–water partition coefficient (Wildman–Crippen LogP) is 4.20. The SMILES string of the molecule is CC(C)CCC(N)CSc1ccccc1Cl. The van der Waals surface area contributed by atoms with Crippen LogP contribution >= 0.6 is 23.4 Å². The van der Waals surface area contributed by atoms with E-state index in [1.165, 1.54) is 6.42 Å². The van der Waals surface area contributed by atoms with E-state index < -0.39 is 0 Å². The topological polar surface area (TPSA) is 26.0 Å². The molecule has 0 spiro atoms. The van der Waals surface area contributed by atoms with Crippen LogP contribution in [0.25, 0.3) is 0 Å². The van der Waals surface area contributed by atoms with Gasteiger partial charge in [-0.1, -0.05) is 37.6 Å². The lowest BCUT2D eigenvalue weighted by Crippen LogP contribution is -2.23. The molecule has 0 aliphatic heterocycles. The normalized spacial score (nSPS) is 13.1. The highest BCUT2D eigenvalue weighted by atomic mass is 35.5. The van der Waals surface area contributed by atoms with E-state index >= 15 is 0 Å². The lowest BCUT2D eigenvalue weighted by atomic mass is 10.1. The van der Waals surface area contributed by atoms with Crippen molar-refractivity contribution < 1.29 is 0 Å². The number of nitrogens with two attached hydrogens (primary N) is 1. The van der Waals surface area contributed by atoms with Gasteiger partial charge in [-0.05, 0) is 30.9 Å². The molecule has 0 heterocycles. The van der Waals surface area contributed by atoms with Crippen molar-refractivity contribution in [1.29, 1.82) is 0 Å². The van der Waals surface area contributed by atoms with Crippen molar-refractivity contribution in [2.45, 2.75) is 37.6 Å². The smallest absolute Gasteiger partial charge is 0.0541 e. The van der Waals surface area contributed by atoms with Gasteiger partial charge in [-0.3, -0.25) is 0 Å². The molecule has 0 aliphatic rings. The van der Waals surface area contributed by atoms with E-state index in [4.69, 9.17) is 17.3 Å². The van der Waals surface area contributed by atoms with Gasteiger partial charge in [0.2, 0.25) is 0 Å². The quantitative estimate of drug-likeness (QED) is 0.773. The maximum Gasteiger partial charge on any atom is 0.0541 e. The fourth-order valence-corrected chi connectivity index (χ4v) is 2.63. The molecule has 0 saturated heterocycles. The largest absolute Gasteiger partial charge is 0.327 e. The first kappa shape index (κ1) is 13.9. The monoisotopic (exact) mass is 257 g/mol. The highest BCUT2D eigenvalue weighted by molar-refractivity contribution is 7.99. The average Bonchev–Trinajstić information content (AvgIpc) is 2.25. The van der Waals surface area contributed by atoms with Crippen LogP contribution in [0.5, 0.6) is 0 Å². The van der Waals surface area contributed by atoms with Crippen molar-refractivity contribution in [1.82, 2.24) is 0 Å². The number of halogens is 1. The second kappa shape index (κ2) is 7.21. The molecule has 0 fully saturated rings. The molecule has 0 saturated carbocycles. The standard InChI is InChI=1S/C13H20ClNS/c1-10(2)7-8-11(15)9-16-13-6-4-3-5-12(13)14/h3-6,10-11H,7-9,15H2,1-2H3. The number of hydrogen-bond donors (Lipinski definition) is 1. The van der Waals surface area contributed by atoms with E-state index in [0.717, 1.165) is 28.0 Å². The van der Waals surface area contributed by atoms with E-state index in [0.29, 0.717) is 0 Å². The van der Waals surface area contributed by atoms with Gasteiger partial charge in [0, 0.05) is 16.7 Å². The fourth-order valence-electron chi connectivity index (χ4n) is 1.39. The number of rotatable bonds is 6. The van der Waals surface area contributed by atoms with Crippen molar-refractivity contribution in [2.75, 3.05) is 5.75 Å². The first-order valence-corrected chi connectivity index (χ1v) is 7.09. The predicted molar refractivity (Wildman–Crippen MR) is 74.2 cm³/mol. The molecule has 3 heteroatoms. The van der Waals surface area contributed by atoms with Crippen molar-refractivity contribution in [3.05, 3.63) is 29.3 Å². The zero-order valence-electron chi connectivity index (χ0n) is 9.95. The Morgan fingerprint density at radius 3 is 2.56 bits per heavy atom. The van der Waals surface area contributed by atoms with Gasteiger partial charge < -0.3 is 5.73 Å². The van der Waals surface area contributed by atoms with Crippen molar-refractivity contribution in [3.63, 3.8) is 0 Å². The summed E-state index contributed by atoms with van der Waals surface area (Å²) >= 11 is 7.82. The Balaban J connectivity index is 2.31. The van der Waals surface area contributed by atoms with Crippen LogP contribution < -0.4 is 5.73 Å². The van der Waals surface area contributed by atoms with E-state index in [9.17, 15) is 0 Å². The molecule has 1 nitrogen and oxygen atoms in total. The molecular weight excluding hydrogens is 238 g/mol. The Kier molecular flexibility index (Phi) is 6.25. The van der Waals surface area contributed by atoms with E-state index in [-0.39, 0.29) is 6.04 Å². The second-order valence-electron chi connectivity index (χ2n) is 4.47. The van der Waals surface area contributed by atoms with Gasteiger partial charge >= 0.3 is 0 Å². The first-order valence-electron chi connectivity index (χ1n) is 5.72. The van der Waals surface area contributed by atoms with E-state index in [2.05, 4.69) is 13.8 Å². The molecule has 90 valence electrons. The van der Waals surface area contributed by atoms with Crippen LogP contribution in [-0.4, -0.2) is 11.8 Å². The number of benzene rings is 1. The molecule has 1 atom stereocenters. The maximum absolute atomic E-state index is 6.07. The molecule has 16 heavy (non-hydrogen) atoms. The van der Waals surface area contributed by atoms with Crippen LogP contribution in [0.2, 0.25) is 5.02 Å². The van der Waals surface area contributed by atoms with Gasteiger partial charge in [-0.15, -0.1) is 11.8 Å². The van der Waals surface area contributed by atoms with Crippen LogP contribution in [0, 0.1) is 5.92 Å². The van der Waals surface area contributed by atoms with Gasteiger partial charge in [0.15, 0.2) is 0 Å². The molecule has 2 N–H and O–H groups in total. The van der Waals surface area contributed by atoms with Gasteiger partial charge in [0.25, 0.3) is 0 Å². The summed E-state index contributed by atoms with van der Waals surface area (Å²) in [5.41, 5.74) is 6.06. The van der Waals surface area contributed by atoms with E-state index in [1.807, 2.05) is 24.3 Å². The lowest BCUT2D eigenvalue weighted by Gasteiger charge is -2.13. The molecule has 0 radical (unpaired) electrons. The Morgan fingerprint density at radius 1 is 1.25 bits per heavy atom. The molecule has 0 aromatic heterocycles. The minimum Gasteiger partial charge on any atom is -0.327 e. The molecule has 1 aromatic rings. The third-order valence-corrected chi connectivity index (χ3v) is 4.11. The zero-order chi connectivity index (χ0) is 12.0. The highest BCUT2D eigenvalue weighted by Crippen LogP contribution is 2.27. The van der Waals surface area contributed by atoms with Crippen LogP contribution in [0.15, 0.2) is 29.2 Å². The Morgan fingerprint density at radius 2 is 1.94 bits per heavy atom. The van der Waals surface area contributed by atoms with Gasteiger partial charge in [-0.2, -0.15) is 0 Å². The average molecular weight is 258 g/mol. The second-order valence-corrected chi connectivity index (χ2v) is 5.94.